The van der Waals surface area contributed by atoms with E-state index in [1.54, 1.807) is 11.8 Å². The number of aliphatic imine (C=N–C) groups is 1. The van der Waals surface area contributed by atoms with Crippen molar-refractivity contribution in [1.82, 2.24) is 0 Å². The Labute approximate surface area is 117 Å². The fourth-order valence-corrected chi connectivity index (χ4v) is 3.81. The van der Waals surface area contributed by atoms with Gasteiger partial charge >= 0.3 is 0 Å². The molecule has 0 aliphatic carbocycles. The summed E-state index contributed by atoms with van der Waals surface area (Å²) in [4.78, 5) is 8.61. The molecule has 2 nitrogen and oxygen atoms in total. The molecule has 0 amide bonds. The smallest absolute Gasteiger partial charge is 0.169 e. The normalized spacial score (nSPS) is 20.7. The molecule has 0 N–H and O–H groups in total. The molecule has 0 saturated heterocycles. The number of anilines is 1. The number of fused-ring (bicyclic) bond motifs is 3. The van der Waals surface area contributed by atoms with Crippen molar-refractivity contribution in [3.8, 4) is 0 Å². The fraction of sp³-hybridized carbons (Fsp3) is 0.188. The van der Waals surface area contributed by atoms with Crippen LogP contribution in [0.2, 0.25) is 0 Å². The summed E-state index contributed by atoms with van der Waals surface area (Å²) in [7, 11) is 0. The summed E-state index contributed by atoms with van der Waals surface area (Å²) < 4.78 is 0. The minimum Gasteiger partial charge on any atom is -0.320 e. The van der Waals surface area contributed by atoms with Crippen molar-refractivity contribution in [1.29, 1.82) is 0 Å². The summed E-state index contributed by atoms with van der Waals surface area (Å²) in [5, 5.41) is 1.15. The molecular formula is C16H14N2S. The summed E-state index contributed by atoms with van der Waals surface area (Å²) in [6.07, 6.45) is 1.09. The molecule has 3 heteroatoms. The van der Waals surface area contributed by atoms with E-state index in [-0.39, 0.29) is 0 Å². The molecule has 0 fully saturated rings. The van der Waals surface area contributed by atoms with Crippen LogP contribution in [0.15, 0.2) is 64.5 Å². The minimum atomic E-state index is 0.314. The van der Waals surface area contributed by atoms with Gasteiger partial charge in [0.05, 0.1) is 11.7 Å². The number of rotatable bonds is 1. The second kappa shape index (κ2) is 4.42. The Morgan fingerprint density at radius 3 is 2.68 bits per heavy atom. The van der Waals surface area contributed by atoms with Gasteiger partial charge in [-0.25, -0.2) is 0 Å². The van der Waals surface area contributed by atoms with Crippen LogP contribution in [0.25, 0.3) is 0 Å². The first-order valence-corrected chi connectivity index (χ1v) is 7.40. The molecule has 0 aromatic heterocycles. The summed E-state index contributed by atoms with van der Waals surface area (Å²) in [6, 6.07) is 19.5. The van der Waals surface area contributed by atoms with Gasteiger partial charge in [-0.1, -0.05) is 42.5 Å². The van der Waals surface area contributed by atoms with Crippen LogP contribution >= 0.6 is 11.8 Å². The molecule has 0 unspecified atom stereocenters. The highest BCUT2D eigenvalue weighted by molar-refractivity contribution is 8.14. The highest BCUT2D eigenvalue weighted by Crippen LogP contribution is 2.43. The van der Waals surface area contributed by atoms with Gasteiger partial charge in [-0.2, -0.15) is 0 Å². The van der Waals surface area contributed by atoms with Crippen LogP contribution in [0.1, 0.15) is 18.0 Å². The molecule has 0 radical (unpaired) electrons. The van der Waals surface area contributed by atoms with Crippen LogP contribution in [0.4, 0.5) is 5.69 Å². The monoisotopic (exact) mass is 266 g/mol. The fourth-order valence-electron chi connectivity index (χ4n) is 2.70. The number of benzene rings is 2. The number of para-hydroxylation sites is 1. The van der Waals surface area contributed by atoms with Crippen LogP contribution in [0.5, 0.6) is 0 Å². The van der Waals surface area contributed by atoms with E-state index in [1.165, 1.54) is 16.1 Å². The quantitative estimate of drug-likeness (QED) is 0.772. The highest BCUT2D eigenvalue weighted by atomic mass is 32.2. The Balaban J connectivity index is 1.69. The van der Waals surface area contributed by atoms with Gasteiger partial charge in [-0.15, -0.1) is 0 Å². The Morgan fingerprint density at radius 2 is 1.79 bits per heavy atom. The maximum absolute atomic E-state index is 4.93. The lowest BCUT2D eigenvalue weighted by Crippen LogP contribution is -2.31. The Bertz CT molecular complexity index is 636. The second-order valence-electron chi connectivity index (χ2n) is 4.85. The van der Waals surface area contributed by atoms with E-state index in [0.29, 0.717) is 6.04 Å². The number of nitrogens with zero attached hydrogens (tertiary/aromatic N) is 2. The van der Waals surface area contributed by atoms with Crippen molar-refractivity contribution in [3.63, 3.8) is 0 Å². The first-order valence-electron chi connectivity index (χ1n) is 6.59. The van der Waals surface area contributed by atoms with Gasteiger partial charge in [0.2, 0.25) is 0 Å². The van der Waals surface area contributed by atoms with Crippen LogP contribution in [0.3, 0.4) is 0 Å². The Morgan fingerprint density at radius 1 is 1.00 bits per heavy atom. The van der Waals surface area contributed by atoms with Gasteiger partial charge in [0.1, 0.15) is 0 Å². The van der Waals surface area contributed by atoms with Gasteiger partial charge in [-0.05, 0) is 35.9 Å². The third-order valence-electron chi connectivity index (χ3n) is 3.66. The Hall–Kier alpha value is -1.74. The minimum absolute atomic E-state index is 0.314. The number of hydrogen-bond donors (Lipinski definition) is 0. The number of hydrogen-bond acceptors (Lipinski definition) is 3. The molecule has 2 aliphatic rings. The second-order valence-corrected chi connectivity index (χ2v) is 5.86. The summed E-state index contributed by atoms with van der Waals surface area (Å²) in [5.41, 5.74) is 2.64. The third-order valence-corrected chi connectivity index (χ3v) is 4.74. The average Bonchev–Trinajstić information content (AvgIpc) is 2.86. The first-order chi connectivity index (χ1) is 9.42. The molecule has 1 atom stereocenters. The molecular weight excluding hydrogens is 252 g/mol. The first kappa shape index (κ1) is 11.1. The molecule has 2 aromatic rings. The molecule has 0 saturated carbocycles. The van der Waals surface area contributed by atoms with Gasteiger partial charge in [-0.3, -0.25) is 4.99 Å². The predicted molar refractivity (Wildman–Crippen MR) is 80.9 cm³/mol. The molecule has 0 bridgehead atoms. The van der Waals surface area contributed by atoms with Crippen molar-refractivity contribution in [2.45, 2.75) is 17.4 Å². The largest absolute Gasteiger partial charge is 0.320 e. The highest BCUT2D eigenvalue weighted by Gasteiger charge is 2.31. The van der Waals surface area contributed by atoms with Crippen LogP contribution in [-0.2, 0) is 0 Å². The van der Waals surface area contributed by atoms with Crippen molar-refractivity contribution < 1.29 is 0 Å². The predicted octanol–water partition coefficient (Wildman–Crippen LogP) is 4.10. The van der Waals surface area contributed by atoms with E-state index in [0.717, 1.165) is 18.1 Å². The van der Waals surface area contributed by atoms with Crippen LogP contribution < -0.4 is 4.90 Å². The SMILES string of the molecule is c1ccc([C@@H]2CCN3C(=N2)Sc2ccccc23)cc1. The Kier molecular flexibility index (Phi) is 2.59. The van der Waals surface area contributed by atoms with E-state index in [1.807, 2.05) is 0 Å². The summed E-state index contributed by atoms with van der Waals surface area (Å²) >= 11 is 1.79. The molecule has 4 rings (SSSR count). The summed E-state index contributed by atoms with van der Waals surface area (Å²) in [5.74, 6) is 0. The molecule has 2 aliphatic heterocycles. The molecule has 2 aromatic carbocycles. The van der Waals surface area contributed by atoms with Crippen LogP contribution in [-0.4, -0.2) is 11.7 Å². The molecule has 19 heavy (non-hydrogen) atoms. The zero-order chi connectivity index (χ0) is 12.7. The number of amidine groups is 1. The van der Waals surface area contributed by atoms with Crippen LogP contribution in [0, 0.1) is 0 Å². The third kappa shape index (κ3) is 1.85. The zero-order valence-corrected chi connectivity index (χ0v) is 11.3. The van der Waals surface area contributed by atoms with Gasteiger partial charge in [0, 0.05) is 11.4 Å². The average molecular weight is 266 g/mol. The van der Waals surface area contributed by atoms with Gasteiger partial charge in [0.25, 0.3) is 0 Å². The van der Waals surface area contributed by atoms with Crippen molar-refractivity contribution in [2.75, 3.05) is 11.4 Å². The molecule has 2 heterocycles. The van der Waals surface area contributed by atoms with Crippen molar-refractivity contribution in [3.05, 3.63) is 60.2 Å². The van der Waals surface area contributed by atoms with Crippen molar-refractivity contribution >= 4 is 22.6 Å². The van der Waals surface area contributed by atoms with E-state index >= 15 is 0 Å². The lowest BCUT2D eigenvalue weighted by atomic mass is 10.0. The lowest BCUT2D eigenvalue weighted by Gasteiger charge is -2.27. The standard InChI is InChI=1S/C16H14N2S/c1-2-6-12(7-3-1)13-10-11-18-14-8-4-5-9-15(14)19-16(18)17-13/h1-9,13H,10-11H2/t13-/m0/s1. The van der Waals surface area contributed by atoms with Gasteiger partial charge < -0.3 is 4.90 Å². The molecule has 94 valence electrons. The van der Waals surface area contributed by atoms with E-state index in [4.69, 9.17) is 4.99 Å². The topological polar surface area (TPSA) is 15.6 Å². The van der Waals surface area contributed by atoms with E-state index in [9.17, 15) is 0 Å². The summed E-state index contributed by atoms with van der Waals surface area (Å²) in [6.45, 7) is 1.06. The maximum atomic E-state index is 4.93. The number of thioether (sulfide) groups is 1. The lowest BCUT2D eigenvalue weighted by molar-refractivity contribution is 0.637. The zero-order valence-electron chi connectivity index (χ0n) is 10.5. The van der Waals surface area contributed by atoms with E-state index in [2.05, 4.69) is 59.5 Å². The van der Waals surface area contributed by atoms with E-state index < -0.39 is 0 Å². The van der Waals surface area contributed by atoms with Gasteiger partial charge in [0.15, 0.2) is 5.17 Å². The van der Waals surface area contributed by atoms with Crippen molar-refractivity contribution in [2.24, 2.45) is 4.99 Å². The molecule has 0 spiro atoms. The maximum Gasteiger partial charge on any atom is 0.169 e.